The van der Waals surface area contributed by atoms with Crippen LogP contribution in [0.15, 0.2) is 72.8 Å². The van der Waals surface area contributed by atoms with Gasteiger partial charge in [-0.25, -0.2) is 0 Å². The number of hydrogen-bond acceptors (Lipinski definition) is 2. The summed E-state index contributed by atoms with van der Waals surface area (Å²) >= 11 is 3.90. The SMILES string of the molecule is CCCCCCc1ccc2cc3sc4c5cc(-c6ccc(C)cc6)ccc5sc4c3cc2c1. The Hall–Kier alpha value is -2.68. The predicted octanol–water partition coefficient (Wildman–Crippen LogP) is 10.5. The minimum Gasteiger partial charge on any atom is -0.134 e. The molecule has 0 aliphatic carbocycles. The Morgan fingerprint density at radius 1 is 0.606 bits per heavy atom. The van der Waals surface area contributed by atoms with Crippen molar-refractivity contribution < 1.29 is 0 Å². The highest BCUT2D eigenvalue weighted by atomic mass is 32.1. The largest absolute Gasteiger partial charge is 0.134 e. The number of hydrogen-bond donors (Lipinski definition) is 0. The number of aryl methyl sites for hydroxylation is 2. The molecule has 0 amide bonds. The Kier molecular flexibility index (Phi) is 5.44. The van der Waals surface area contributed by atoms with Crippen LogP contribution in [0.3, 0.4) is 0 Å². The summed E-state index contributed by atoms with van der Waals surface area (Å²) in [6.45, 7) is 4.42. The summed E-state index contributed by atoms with van der Waals surface area (Å²) in [4.78, 5) is 0. The lowest BCUT2D eigenvalue weighted by Gasteiger charge is -2.05. The number of thiophene rings is 2. The van der Waals surface area contributed by atoms with Gasteiger partial charge in [-0.15, -0.1) is 22.7 Å². The molecule has 0 nitrogen and oxygen atoms in total. The molecule has 0 spiro atoms. The van der Waals surface area contributed by atoms with Crippen LogP contribution in [-0.4, -0.2) is 0 Å². The minimum atomic E-state index is 1.19. The van der Waals surface area contributed by atoms with Crippen LogP contribution < -0.4 is 0 Å². The van der Waals surface area contributed by atoms with Crippen LogP contribution in [0.5, 0.6) is 0 Å². The highest BCUT2D eigenvalue weighted by Crippen LogP contribution is 2.46. The third-order valence-corrected chi connectivity index (χ3v) is 9.33. The lowest BCUT2D eigenvalue weighted by Crippen LogP contribution is -1.86. The molecule has 0 aliphatic rings. The van der Waals surface area contributed by atoms with Gasteiger partial charge in [0.15, 0.2) is 0 Å². The van der Waals surface area contributed by atoms with E-state index >= 15 is 0 Å². The molecule has 0 saturated carbocycles. The number of fused-ring (bicyclic) bond motifs is 6. The van der Waals surface area contributed by atoms with Crippen molar-refractivity contribution in [2.24, 2.45) is 0 Å². The van der Waals surface area contributed by atoms with Gasteiger partial charge < -0.3 is 0 Å². The molecule has 0 atom stereocenters. The topological polar surface area (TPSA) is 0 Å². The number of benzene rings is 4. The molecule has 2 aromatic heterocycles. The summed E-state index contributed by atoms with van der Waals surface area (Å²) in [6.07, 6.45) is 6.47. The molecule has 164 valence electrons. The Morgan fingerprint density at radius 2 is 1.36 bits per heavy atom. The molecule has 0 saturated heterocycles. The molecular formula is C31H28S2. The lowest BCUT2D eigenvalue weighted by molar-refractivity contribution is 0.667. The smallest absolute Gasteiger partial charge is 0.0542 e. The second-order valence-corrected chi connectivity index (χ2v) is 11.4. The highest BCUT2D eigenvalue weighted by Gasteiger charge is 2.14. The third-order valence-electron chi connectivity index (χ3n) is 6.81. The molecule has 0 aliphatic heterocycles. The van der Waals surface area contributed by atoms with Crippen LogP contribution in [0.1, 0.15) is 43.7 Å². The zero-order valence-corrected chi connectivity index (χ0v) is 20.9. The van der Waals surface area contributed by atoms with Gasteiger partial charge >= 0.3 is 0 Å². The molecule has 4 aromatic carbocycles. The monoisotopic (exact) mass is 464 g/mol. The van der Waals surface area contributed by atoms with Crippen molar-refractivity contribution >= 4 is 63.0 Å². The first-order valence-electron chi connectivity index (χ1n) is 12.1. The van der Waals surface area contributed by atoms with Crippen molar-refractivity contribution in [1.29, 1.82) is 0 Å². The summed E-state index contributed by atoms with van der Waals surface area (Å²) in [5.74, 6) is 0. The zero-order valence-electron chi connectivity index (χ0n) is 19.3. The van der Waals surface area contributed by atoms with Crippen molar-refractivity contribution in [2.75, 3.05) is 0 Å². The summed E-state index contributed by atoms with van der Waals surface area (Å²) < 4.78 is 5.68. The van der Waals surface area contributed by atoms with Gasteiger partial charge in [0.05, 0.1) is 9.40 Å². The summed E-state index contributed by atoms with van der Waals surface area (Å²) in [5.41, 5.74) is 5.37. The maximum Gasteiger partial charge on any atom is 0.0542 e. The van der Waals surface area contributed by atoms with Gasteiger partial charge in [0.2, 0.25) is 0 Å². The van der Waals surface area contributed by atoms with E-state index in [0.29, 0.717) is 0 Å². The Balaban J connectivity index is 1.44. The van der Waals surface area contributed by atoms with Gasteiger partial charge in [-0.05, 0) is 71.5 Å². The minimum absolute atomic E-state index is 1.19. The van der Waals surface area contributed by atoms with Crippen LogP contribution in [0, 0.1) is 6.92 Å². The fourth-order valence-corrected chi connectivity index (χ4v) is 7.53. The average molecular weight is 465 g/mol. The molecule has 6 aromatic rings. The molecule has 0 fully saturated rings. The molecule has 0 N–H and O–H groups in total. The van der Waals surface area contributed by atoms with Crippen molar-refractivity contribution in [2.45, 2.75) is 46.0 Å². The molecule has 2 heteroatoms. The van der Waals surface area contributed by atoms with Crippen molar-refractivity contribution in [1.82, 2.24) is 0 Å². The zero-order chi connectivity index (χ0) is 22.4. The number of unbranched alkanes of at least 4 members (excludes halogenated alkanes) is 3. The molecule has 0 unspecified atom stereocenters. The lowest BCUT2D eigenvalue weighted by atomic mass is 10.0. The van der Waals surface area contributed by atoms with Crippen LogP contribution >= 0.6 is 22.7 Å². The van der Waals surface area contributed by atoms with E-state index in [1.54, 1.807) is 0 Å². The van der Waals surface area contributed by atoms with E-state index in [4.69, 9.17) is 0 Å². The van der Waals surface area contributed by atoms with Crippen molar-refractivity contribution in [3.63, 3.8) is 0 Å². The maximum atomic E-state index is 2.44. The van der Waals surface area contributed by atoms with Gasteiger partial charge in [0, 0.05) is 20.2 Å². The van der Waals surface area contributed by atoms with Crippen LogP contribution in [0.2, 0.25) is 0 Å². The summed E-state index contributed by atoms with van der Waals surface area (Å²) in [6, 6.07) is 27.8. The molecule has 33 heavy (non-hydrogen) atoms. The normalized spacial score (nSPS) is 11.9. The van der Waals surface area contributed by atoms with Gasteiger partial charge in [0.25, 0.3) is 0 Å². The summed E-state index contributed by atoms with van der Waals surface area (Å²) in [7, 11) is 0. The molecule has 0 radical (unpaired) electrons. The van der Waals surface area contributed by atoms with Gasteiger partial charge in [-0.3, -0.25) is 0 Å². The highest BCUT2D eigenvalue weighted by molar-refractivity contribution is 7.36. The Labute approximate surface area is 203 Å². The maximum absolute atomic E-state index is 2.44. The van der Waals surface area contributed by atoms with E-state index in [0.717, 1.165) is 0 Å². The first-order chi connectivity index (χ1) is 16.2. The quantitative estimate of drug-likeness (QED) is 0.215. The fourth-order valence-electron chi connectivity index (χ4n) is 4.89. The molecule has 2 heterocycles. The van der Waals surface area contributed by atoms with E-state index in [1.807, 2.05) is 22.7 Å². The van der Waals surface area contributed by atoms with E-state index in [-0.39, 0.29) is 0 Å². The van der Waals surface area contributed by atoms with Crippen LogP contribution in [0.25, 0.3) is 51.5 Å². The van der Waals surface area contributed by atoms with E-state index in [2.05, 4.69) is 86.6 Å². The fraction of sp³-hybridized carbons (Fsp3) is 0.226. The first-order valence-corrected chi connectivity index (χ1v) is 13.7. The third kappa shape index (κ3) is 3.86. The van der Waals surface area contributed by atoms with Gasteiger partial charge in [-0.1, -0.05) is 80.3 Å². The standard InChI is InChI=1S/C31H28S2/c1-3-4-5-6-7-21-10-13-24-19-29-27(18-25(24)16-21)31-30(33-29)26-17-23(14-15-28(26)32-31)22-11-8-20(2)9-12-22/h8-19H,3-7H2,1-2H3. The van der Waals surface area contributed by atoms with E-state index < -0.39 is 0 Å². The number of rotatable bonds is 6. The van der Waals surface area contributed by atoms with Crippen molar-refractivity contribution in [3.8, 4) is 11.1 Å². The van der Waals surface area contributed by atoms with E-state index in [1.165, 1.54) is 94.7 Å². The van der Waals surface area contributed by atoms with E-state index in [9.17, 15) is 0 Å². The molecular weight excluding hydrogens is 436 g/mol. The van der Waals surface area contributed by atoms with Gasteiger partial charge in [-0.2, -0.15) is 0 Å². The second kappa shape index (κ2) is 8.59. The Morgan fingerprint density at radius 3 is 2.18 bits per heavy atom. The average Bonchev–Trinajstić information content (AvgIpc) is 3.36. The molecule has 6 rings (SSSR count). The Bertz CT molecular complexity index is 1600. The predicted molar refractivity (Wildman–Crippen MR) is 150 cm³/mol. The van der Waals surface area contributed by atoms with Crippen LogP contribution in [-0.2, 0) is 6.42 Å². The summed E-state index contributed by atoms with van der Waals surface area (Å²) in [5, 5.41) is 5.56. The van der Waals surface area contributed by atoms with Crippen LogP contribution in [0.4, 0.5) is 0 Å². The van der Waals surface area contributed by atoms with Crippen molar-refractivity contribution in [3.05, 3.63) is 83.9 Å². The molecule has 0 bridgehead atoms. The van der Waals surface area contributed by atoms with Gasteiger partial charge in [0.1, 0.15) is 0 Å². The second-order valence-electron chi connectivity index (χ2n) is 9.28. The first kappa shape index (κ1) is 20.9.